The van der Waals surface area contributed by atoms with E-state index < -0.39 is 0 Å². The van der Waals surface area contributed by atoms with Crippen LogP contribution >= 0.6 is 0 Å². The van der Waals surface area contributed by atoms with Crippen LogP contribution in [0.5, 0.6) is 0 Å². The van der Waals surface area contributed by atoms with Gasteiger partial charge in [0.1, 0.15) is 16.8 Å². The summed E-state index contributed by atoms with van der Waals surface area (Å²) in [4.78, 5) is 10.3. The molecule has 0 aliphatic heterocycles. The first-order valence-corrected chi connectivity index (χ1v) is 18.9. The van der Waals surface area contributed by atoms with Crippen molar-refractivity contribution in [3.05, 3.63) is 200 Å². The molecular formula is C52H33N3O. The minimum Gasteiger partial charge on any atom is -0.451 e. The smallest absolute Gasteiger partial charge is 0.180 e. The van der Waals surface area contributed by atoms with Crippen molar-refractivity contribution in [1.29, 1.82) is 0 Å². The van der Waals surface area contributed by atoms with Crippen molar-refractivity contribution >= 4 is 43.9 Å². The van der Waals surface area contributed by atoms with E-state index in [2.05, 4.69) is 180 Å². The van der Waals surface area contributed by atoms with Crippen LogP contribution in [0.3, 0.4) is 0 Å². The minimum absolute atomic E-state index is 0.665. The predicted molar refractivity (Wildman–Crippen MR) is 231 cm³/mol. The summed E-state index contributed by atoms with van der Waals surface area (Å²) in [7, 11) is 0. The molecule has 0 saturated carbocycles. The van der Waals surface area contributed by atoms with Crippen molar-refractivity contribution in [2.75, 3.05) is 0 Å². The standard InChI is InChI=1S/C52H33N3O/c1-4-15-34(16-5-1)35-29-31-36(32-30-35)48-51-49(54-52(53-48)37-17-6-2-7-18-37)44-26-13-25-42(50(44)56-51)39-20-12-19-38(33-39)41-24-14-28-46-47(41)43-23-10-11-27-45(43)55(46)40-21-8-3-9-22-40/h1-33H. The van der Waals surface area contributed by atoms with Crippen LogP contribution in [0.1, 0.15) is 0 Å². The molecule has 56 heavy (non-hydrogen) atoms. The van der Waals surface area contributed by atoms with Gasteiger partial charge in [-0.25, -0.2) is 9.97 Å². The summed E-state index contributed by atoms with van der Waals surface area (Å²) in [5.74, 6) is 0.665. The molecule has 0 aliphatic carbocycles. The predicted octanol–water partition coefficient (Wildman–Crippen LogP) is 13.8. The zero-order valence-corrected chi connectivity index (χ0v) is 30.3. The maximum Gasteiger partial charge on any atom is 0.180 e. The Morgan fingerprint density at radius 2 is 0.929 bits per heavy atom. The molecule has 0 unspecified atom stereocenters. The Balaban J connectivity index is 1.09. The molecular weight excluding hydrogens is 683 g/mol. The van der Waals surface area contributed by atoms with Crippen molar-refractivity contribution in [3.8, 4) is 61.7 Å². The number of fused-ring (bicyclic) bond motifs is 6. The molecule has 11 rings (SSSR count). The van der Waals surface area contributed by atoms with E-state index in [9.17, 15) is 0 Å². The topological polar surface area (TPSA) is 43.9 Å². The summed E-state index contributed by atoms with van der Waals surface area (Å²) in [5.41, 5.74) is 15.2. The number of aromatic nitrogens is 3. The molecule has 0 aliphatic rings. The number of para-hydroxylation sites is 3. The van der Waals surface area contributed by atoms with Crippen LogP contribution in [0.2, 0.25) is 0 Å². The molecule has 8 aromatic carbocycles. The van der Waals surface area contributed by atoms with Gasteiger partial charge in [-0.15, -0.1) is 0 Å². The van der Waals surface area contributed by atoms with E-state index in [1.807, 2.05) is 24.3 Å². The van der Waals surface area contributed by atoms with Crippen LogP contribution in [0.4, 0.5) is 0 Å². The largest absolute Gasteiger partial charge is 0.451 e. The van der Waals surface area contributed by atoms with Crippen LogP contribution in [0, 0.1) is 0 Å². The number of rotatable bonds is 6. The summed E-state index contributed by atoms with van der Waals surface area (Å²) in [5, 5.41) is 3.42. The van der Waals surface area contributed by atoms with Gasteiger partial charge in [0, 0.05) is 38.5 Å². The fourth-order valence-corrected chi connectivity index (χ4v) is 8.23. The quantitative estimate of drug-likeness (QED) is 0.172. The normalized spacial score (nSPS) is 11.6. The molecule has 0 fully saturated rings. The van der Waals surface area contributed by atoms with Crippen LogP contribution in [-0.4, -0.2) is 14.5 Å². The summed E-state index contributed by atoms with van der Waals surface area (Å²) >= 11 is 0. The third-order valence-corrected chi connectivity index (χ3v) is 10.8. The molecule has 0 N–H and O–H groups in total. The molecule has 3 heterocycles. The molecule has 4 heteroatoms. The van der Waals surface area contributed by atoms with Gasteiger partial charge in [-0.1, -0.05) is 164 Å². The van der Waals surface area contributed by atoms with E-state index in [4.69, 9.17) is 14.4 Å². The van der Waals surface area contributed by atoms with Crippen molar-refractivity contribution in [2.45, 2.75) is 0 Å². The first-order chi connectivity index (χ1) is 27.8. The lowest BCUT2D eigenvalue weighted by atomic mass is 9.95. The third-order valence-electron chi connectivity index (χ3n) is 10.8. The zero-order chi connectivity index (χ0) is 37.0. The number of benzene rings is 8. The maximum atomic E-state index is 6.93. The van der Waals surface area contributed by atoms with E-state index >= 15 is 0 Å². The fraction of sp³-hybridized carbons (Fsp3) is 0. The van der Waals surface area contributed by atoms with Gasteiger partial charge in [-0.05, 0) is 64.2 Å². The number of hydrogen-bond donors (Lipinski definition) is 0. The highest BCUT2D eigenvalue weighted by molar-refractivity contribution is 6.16. The number of nitrogens with zero attached hydrogens (tertiary/aromatic N) is 3. The van der Waals surface area contributed by atoms with E-state index in [1.54, 1.807) is 0 Å². The maximum absolute atomic E-state index is 6.93. The molecule has 0 bridgehead atoms. The van der Waals surface area contributed by atoms with Gasteiger partial charge >= 0.3 is 0 Å². The average molecular weight is 716 g/mol. The molecule has 4 nitrogen and oxygen atoms in total. The van der Waals surface area contributed by atoms with Crippen LogP contribution in [-0.2, 0) is 0 Å². The van der Waals surface area contributed by atoms with Crippen LogP contribution in [0.25, 0.3) is 106 Å². The monoisotopic (exact) mass is 715 g/mol. The molecule has 0 saturated heterocycles. The summed E-state index contributed by atoms with van der Waals surface area (Å²) in [6.45, 7) is 0. The Bertz CT molecular complexity index is 3220. The van der Waals surface area contributed by atoms with Gasteiger partial charge < -0.3 is 8.98 Å². The molecule has 0 amide bonds. The molecule has 3 aromatic heterocycles. The van der Waals surface area contributed by atoms with E-state index in [-0.39, 0.29) is 0 Å². The second-order valence-electron chi connectivity index (χ2n) is 14.1. The third kappa shape index (κ3) is 5.23. The SMILES string of the molecule is c1ccc(-c2ccc(-c3nc(-c4ccccc4)nc4c3oc3c(-c5cccc(-c6cccc7c6c6ccccc6n7-c6ccccc6)c5)cccc34)cc2)cc1. The van der Waals surface area contributed by atoms with Gasteiger partial charge in [0.25, 0.3) is 0 Å². The second kappa shape index (κ2) is 13.1. The lowest BCUT2D eigenvalue weighted by Crippen LogP contribution is -1.93. The Hall–Kier alpha value is -7.56. The Morgan fingerprint density at radius 1 is 0.375 bits per heavy atom. The van der Waals surface area contributed by atoms with Crippen molar-refractivity contribution in [2.24, 2.45) is 0 Å². The van der Waals surface area contributed by atoms with Crippen molar-refractivity contribution in [3.63, 3.8) is 0 Å². The van der Waals surface area contributed by atoms with Crippen LogP contribution < -0.4 is 0 Å². The van der Waals surface area contributed by atoms with Crippen LogP contribution in [0.15, 0.2) is 205 Å². The summed E-state index contributed by atoms with van der Waals surface area (Å²) in [6, 6.07) is 70.3. The molecule has 0 spiro atoms. The second-order valence-corrected chi connectivity index (χ2v) is 14.1. The van der Waals surface area contributed by atoms with Gasteiger partial charge in [0.05, 0.1) is 11.0 Å². The molecule has 0 atom stereocenters. The molecule has 262 valence electrons. The highest BCUT2D eigenvalue weighted by Crippen LogP contribution is 2.42. The number of hydrogen-bond acceptors (Lipinski definition) is 3. The minimum atomic E-state index is 0.665. The van der Waals surface area contributed by atoms with Gasteiger partial charge in [-0.3, -0.25) is 0 Å². The Labute approximate surface area is 323 Å². The summed E-state index contributed by atoms with van der Waals surface area (Å²) < 4.78 is 9.29. The van der Waals surface area contributed by atoms with E-state index in [0.29, 0.717) is 11.4 Å². The molecule has 11 aromatic rings. The van der Waals surface area contributed by atoms with E-state index in [1.165, 1.54) is 32.9 Å². The Morgan fingerprint density at radius 3 is 1.71 bits per heavy atom. The highest BCUT2D eigenvalue weighted by Gasteiger charge is 2.21. The number of furan rings is 1. The van der Waals surface area contributed by atoms with Gasteiger partial charge in [-0.2, -0.15) is 0 Å². The average Bonchev–Trinajstić information content (AvgIpc) is 3.83. The fourth-order valence-electron chi connectivity index (χ4n) is 8.23. The lowest BCUT2D eigenvalue weighted by molar-refractivity contribution is 0.668. The van der Waals surface area contributed by atoms with Gasteiger partial charge in [0.15, 0.2) is 11.4 Å². The first-order valence-electron chi connectivity index (χ1n) is 18.9. The molecule has 0 radical (unpaired) electrons. The van der Waals surface area contributed by atoms with Crippen molar-refractivity contribution in [1.82, 2.24) is 14.5 Å². The highest BCUT2D eigenvalue weighted by atomic mass is 16.3. The van der Waals surface area contributed by atoms with Gasteiger partial charge in [0.2, 0.25) is 0 Å². The lowest BCUT2D eigenvalue weighted by Gasteiger charge is -2.10. The zero-order valence-electron chi connectivity index (χ0n) is 30.3. The Kier molecular flexibility index (Phi) is 7.46. The first kappa shape index (κ1) is 31.9. The summed E-state index contributed by atoms with van der Waals surface area (Å²) in [6.07, 6.45) is 0. The van der Waals surface area contributed by atoms with E-state index in [0.717, 1.165) is 61.2 Å². The van der Waals surface area contributed by atoms with Crippen molar-refractivity contribution < 1.29 is 4.42 Å².